The minimum atomic E-state index is -1.07. The van der Waals surface area contributed by atoms with Crippen LogP contribution in [-0.2, 0) is 0 Å². The monoisotopic (exact) mass is 276 g/mol. The normalized spacial score (nSPS) is 10.2. The number of nitrogens with one attached hydrogen (secondary N) is 1. The van der Waals surface area contributed by atoms with E-state index in [1.165, 1.54) is 23.6 Å². The lowest BCUT2D eigenvalue weighted by Crippen LogP contribution is -2.13. The molecule has 0 saturated heterocycles. The van der Waals surface area contributed by atoms with Crippen molar-refractivity contribution in [2.75, 3.05) is 5.32 Å². The molecule has 0 unspecified atom stereocenters. The van der Waals surface area contributed by atoms with Crippen LogP contribution in [0, 0.1) is 13.8 Å². The van der Waals surface area contributed by atoms with E-state index in [2.05, 4.69) is 10.3 Å². The van der Waals surface area contributed by atoms with Gasteiger partial charge in [-0.05, 0) is 26.0 Å². The fourth-order valence-electron chi connectivity index (χ4n) is 1.59. The first-order chi connectivity index (χ1) is 8.97. The second-order valence-electron chi connectivity index (χ2n) is 4.05. The Hall–Kier alpha value is -2.21. The summed E-state index contributed by atoms with van der Waals surface area (Å²) in [5.74, 6) is -1.42. The minimum Gasteiger partial charge on any atom is -0.478 e. The average Bonchev–Trinajstić information content (AvgIpc) is 2.78. The Balaban J connectivity index is 2.28. The molecule has 0 fully saturated rings. The van der Waals surface area contributed by atoms with Crippen molar-refractivity contribution >= 4 is 28.9 Å². The molecule has 0 bridgehead atoms. The number of amides is 1. The third-order valence-electron chi connectivity index (χ3n) is 2.50. The first kappa shape index (κ1) is 13.2. The van der Waals surface area contributed by atoms with Gasteiger partial charge in [0, 0.05) is 0 Å². The van der Waals surface area contributed by atoms with Crippen molar-refractivity contribution in [3.63, 3.8) is 0 Å². The van der Waals surface area contributed by atoms with Crippen molar-refractivity contribution in [2.24, 2.45) is 0 Å². The van der Waals surface area contributed by atoms with Crippen LogP contribution in [0.2, 0.25) is 0 Å². The quantitative estimate of drug-likeness (QED) is 0.903. The highest BCUT2D eigenvalue weighted by Gasteiger charge is 2.15. The van der Waals surface area contributed by atoms with Crippen molar-refractivity contribution < 1.29 is 14.7 Å². The molecule has 1 heterocycles. The summed E-state index contributed by atoms with van der Waals surface area (Å²) in [6, 6.07) is 4.86. The van der Waals surface area contributed by atoms with Crippen LogP contribution in [0.15, 0.2) is 24.4 Å². The number of hydrogen-bond donors (Lipinski definition) is 2. The van der Waals surface area contributed by atoms with Gasteiger partial charge in [-0.25, -0.2) is 9.78 Å². The van der Waals surface area contributed by atoms with Gasteiger partial charge in [-0.1, -0.05) is 11.6 Å². The largest absolute Gasteiger partial charge is 0.478 e. The van der Waals surface area contributed by atoms with E-state index in [0.29, 0.717) is 4.88 Å². The van der Waals surface area contributed by atoms with Crippen molar-refractivity contribution in [2.45, 2.75) is 13.8 Å². The lowest BCUT2D eigenvalue weighted by molar-refractivity contribution is 0.0698. The number of rotatable bonds is 3. The van der Waals surface area contributed by atoms with Gasteiger partial charge in [0.05, 0.1) is 22.5 Å². The Morgan fingerprint density at radius 1 is 1.32 bits per heavy atom. The Labute approximate surface area is 113 Å². The van der Waals surface area contributed by atoms with E-state index in [9.17, 15) is 9.59 Å². The van der Waals surface area contributed by atoms with Crippen LogP contribution in [0.3, 0.4) is 0 Å². The van der Waals surface area contributed by atoms with E-state index in [4.69, 9.17) is 5.11 Å². The van der Waals surface area contributed by atoms with Gasteiger partial charge in [-0.3, -0.25) is 4.79 Å². The summed E-state index contributed by atoms with van der Waals surface area (Å²) >= 11 is 1.26. The average molecular weight is 276 g/mol. The molecule has 2 N–H and O–H groups in total. The number of carbonyl (C=O) groups excluding carboxylic acids is 1. The molecule has 0 aliphatic heterocycles. The molecule has 0 saturated carbocycles. The fraction of sp³-hybridized carbons (Fsp3) is 0.154. The van der Waals surface area contributed by atoms with Crippen LogP contribution < -0.4 is 5.32 Å². The number of aryl methyl sites for hydroxylation is 2. The molecular formula is C13H12N2O3S. The topological polar surface area (TPSA) is 79.3 Å². The Bertz CT molecular complexity index is 649. The highest BCUT2D eigenvalue weighted by molar-refractivity contribution is 7.13. The Kier molecular flexibility index (Phi) is 3.62. The number of carboxylic acids is 1. The van der Waals surface area contributed by atoms with Gasteiger partial charge in [0.1, 0.15) is 4.88 Å². The van der Waals surface area contributed by atoms with Crippen LogP contribution in [0.25, 0.3) is 0 Å². The van der Waals surface area contributed by atoms with Crippen LogP contribution in [-0.4, -0.2) is 22.0 Å². The standard InChI is InChI=1S/C13H12N2O3S/c1-7-3-4-10(9(5-7)13(17)18)15-12(16)11-6-14-8(2)19-11/h3-6H,1-2H3,(H,15,16)(H,17,18). The van der Waals surface area contributed by atoms with E-state index >= 15 is 0 Å². The maximum absolute atomic E-state index is 12.0. The number of carboxylic acid groups (broad SMARTS) is 1. The molecule has 0 atom stereocenters. The van der Waals surface area contributed by atoms with E-state index in [0.717, 1.165) is 10.6 Å². The molecule has 19 heavy (non-hydrogen) atoms. The number of nitrogens with zero attached hydrogens (tertiary/aromatic N) is 1. The SMILES string of the molecule is Cc1ccc(NC(=O)c2cnc(C)s2)c(C(=O)O)c1. The lowest BCUT2D eigenvalue weighted by atomic mass is 10.1. The third kappa shape index (κ3) is 2.97. The summed E-state index contributed by atoms with van der Waals surface area (Å²) in [5.41, 5.74) is 1.19. The van der Waals surface area contributed by atoms with Crippen molar-refractivity contribution in [3.05, 3.63) is 45.4 Å². The van der Waals surface area contributed by atoms with Crippen LogP contribution in [0.5, 0.6) is 0 Å². The number of aromatic nitrogens is 1. The van der Waals surface area contributed by atoms with Gasteiger partial charge < -0.3 is 10.4 Å². The van der Waals surface area contributed by atoms with E-state index in [1.54, 1.807) is 26.0 Å². The molecule has 2 aromatic rings. The van der Waals surface area contributed by atoms with Gasteiger partial charge in [0.15, 0.2) is 0 Å². The first-order valence-electron chi connectivity index (χ1n) is 5.55. The van der Waals surface area contributed by atoms with Crippen molar-refractivity contribution in [3.8, 4) is 0 Å². The number of hydrogen-bond acceptors (Lipinski definition) is 4. The summed E-state index contributed by atoms with van der Waals surface area (Å²) < 4.78 is 0. The predicted octanol–water partition coefficient (Wildman–Crippen LogP) is 2.71. The Morgan fingerprint density at radius 2 is 2.05 bits per heavy atom. The maximum Gasteiger partial charge on any atom is 0.337 e. The summed E-state index contributed by atoms with van der Waals surface area (Å²) in [6.07, 6.45) is 1.48. The molecule has 5 nitrogen and oxygen atoms in total. The molecule has 6 heteroatoms. The molecular weight excluding hydrogens is 264 g/mol. The lowest BCUT2D eigenvalue weighted by Gasteiger charge is -2.08. The zero-order valence-corrected chi connectivity index (χ0v) is 11.2. The molecule has 0 spiro atoms. The second-order valence-corrected chi connectivity index (χ2v) is 5.29. The second kappa shape index (κ2) is 5.19. The van der Waals surface area contributed by atoms with Gasteiger partial charge in [-0.15, -0.1) is 11.3 Å². The summed E-state index contributed by atoms with van der Waals surface area (Å²) in [7, 11) is 0. The van der Waals surface area contributed by atoms with Gasteiger partial charge >= 0.3 is 5.97 Å². The van der Waals surface area contributed by atoms with E-state index in [-0.39, 0.29) is 17.2 Å². The third-order valence-corrected chi connectivity index (χ3v) is 3.41. The van der Waals surface area contributed by atoms with E-state index < -0.39 is 5.97 Å². The minimum absolute atomic E-state index is 0.0783. The number of thiazole rings is 1. The highest BCUT2D eigenvalue weighted by Crippen LogP contribution is 2.20. The first-order valence-corrected chi connectivity index (χ1v) is 6.37. The van der Waals surface area contributed by atoms with Crippen molar-refractivity contribution in [1.29, 1.82) is 0 Å². The fourth-order valence-corrected chi connectivity index (χ4v) is 2.27. The Morgan fingerprint density at radius 3 is 2.63 bits per heavy atom. The molecule has 2 rings (SSSR count). The molecule has 0 aliphatic rings. The highest BCUT2D eigenvalue weighted by atomic mass is 32.1. The smallest absolute Gasteiger partial charge is 0.337 e. The van der Waals surface area contributed by atoms with Crippen LogP contribution in [0.1, 0.15) is 30.6 Å². The molecule has 1 aromatic carbocycles. The van der Waals surface area contributed by atoms with Gasteiger partial charge in [-0.2, -0.15) is 0 Å². The number of benzene rings is 1. The summed E-state index contributed by atoms with van der Waals surface area (Å²) in [4.78, 5) is 27.5. The van der Waals surface area contributed by atoms with Gasteiger partial charge in [0.25, 0.3) is 5.91 Å². The molecule has 98 valence electrons. The number of anilines is 1. The van der Waals surface area contributed by atoms with Crippen LogP contribution in [0.4, 0.5) is 5.69 Å². The number of carbonyl (C=O) groups is 2. The maximum atomic E-state index is 12.0. The molecule has 0 aliphatic carbocycles. The number of aromatic carboxylic acids is 1. The zero-order chi connectivity index (χ0) is 14.0. The van der Waals surface area contributed by atoms with Crippen molar-refractivity contribution in [1.82, 2.24) is 4.98 Å². The molecule has 0 radical (unpaired) electrons. The zero-order valence-electron chi connectivity index (χ0n) is 10.4. The van der Waals surface area contributed by atoms with Crippen LogP contribution >= 0.6 is 11.3 Å². The van der Waals surface area contributed by atoms with E-state index in [1.807, 2.05) is 0 Å². The molecule has 1 aromatic heterocycles. The molecule has 1 amide bonds. The summed E-state index contributed by atoms with van der Waals surface area (Å²) in [6.45, 7) is 3.60. The van der Waals surface area contributed by atoms with Gasteiger partial charge in [0.2, 0.25) is 0 Å². The summed E-state index contributed by atoms with van der Waals surface area (Å²) in [5, 5.41) is 12.5. The predicted molar refractivity (Wildman–Crippen MR) is 72.9 cm³/mol.